The molecule has 0 atom stereocenters. The van der Waals surface area contributed by atoms with E-state index in [1.807, 2.05) is 36.4 Å². The van der Waals surface area contributed by atoms with Crippen molar-refractivity contribution < 1.29 is 28.3 Å². The van der Waals surface area contributed by atoms with Crippen LogP contribution in [0.25, 0.3) is 0 Å². The van der Waals surface area contributed by atoms with Crippen LogP contribution in [0.4, 0.5) is 10.5 Å². The third-order valence-electron chi connectivity index (χ3n) is 6.96. The molecule has 9 heteroatoms. The van der Waals surface area contributed by atoms with E-state index in [0.717, 1.165) is 41.5 Å². The lowest BCUT2D eigenvalue weighted by molar-refractivity contribution is 0.0343. The second-order valence-electron chi connectivity index (χ2n) is 11.1. The summed E-state index contributed by atoms with van der Waals surface area (Å²) in [5.74, 6) is 1.97. The van der Waals surface area contributed by atoms with E-state index in [-0.39, 0.29) is 11.4 Å². The molecule has 2 saturated heterocycles. The van der Waals surface area contributed by atoms with Gasteiger partial charge in [0.15, 0.2) is 11.5 Å². The molecule has 2 aromatic rings. The number of amides is 2. The van der Waals surface area contributed by atoms with Crippen LogP contribution in [0.3, 0.4) is 0 Å². The SMILES string of the molecule is C=C1CN(Cc2ccc(B3OCC(C)(C)CO3)cc2OC)C(=O)N(c2ccc(OC)c(OCCCCC)c2)C1. The summed E-state index contributed by atoms with van der Waals surface area (Å²) >= 11 is 0. The number of rotatable bonds is 11. The molecule has 39 heavy (non-hydrogen) atoms. The molecule has 0 aromatic heterocycles. The van der Waals surface area contributed by atoms with Gasteiger partial charge >= 0.3 is 13.1 Å². The molecule has 0 unspecified atom stereocenters. The molecule has 2 aliphatic rings. The molecule has 210 valence electrons. The normalized spacial score (nSPS) is 17.4. The monoisotopic (exact) mass is 536 g/mol. The van der Waals surface area contributed by atoms with Gasteiger partial charge in [-0.05, 0) is 35.7 Å². The molecule has 2 heterocycles. The summed E-state index contributed by atoms with van der Waals surface area (Å²) in [6.07, 6.45) is 3.19. The van der Waals surface area contributed by atoms with E-state index in [1.54, 1.807) is 24.0 Å². The van der Waals surface area contributed by atoms with Crippen molar-refractivity contribution in [1.82, 2.24) is 4.90 Å². The van der Waals surface area contributed by atoms with Crippen LogP contribution in [-0.4, -0.2) is 65.2 Å². The average molecular weight is 536 g/mol. The fourth-order valence-corrected chi connectivity index (χ4v) is 4.78. The fourth-order valence-electron chi connectivity index (χ4n) is 4.78. The molecular formula is C30H41BN2O6. The van der Waals surface area contributed by atoms with Gasteiger partial charge in [0, 0.05) is 42.5 Å². The first-order chi connectivity index (χ1) is 18.7. The first kappa shape index (κ1) is 28.8. The van der Waals surface area contributed by atoms with E-state index in [2.05, 4.69) is 27.4 Å². The number of hydrogen-bond donors (Lipinski definition) is 0. The lowest BCUT2D eigenvalue weighted by Gasteiger charge is -2.37. The van der Waals surface area contributed by atoms with Crippen LogP contribution in [0.5, 0.6) is 17.2 Å². The second-order valence-corrected chi connectivity index (χ2v) is 11.1. The summed E-state index contributed by atoms with van der Waals surface area (Å²) in [6.45, 7) is 13.8. The number of unbranched alkanes of at least 4 members (excludes halogenated alkanes) is 2. The van der Waals surface area contributed by atoms with Crippen LogP contribution in [-0.2, 0) is 15.9 Å². The van der Waals surface area contributed by atoms with E-state index in [4.69, 9.17) is 23.5 Å². The molecule has 0 bridgehead atoms. The molecule has 8 nitrogen and oxygen atoms in total. The maximum Gasteiger partial charge on any atom is 0.494 e. The molecule has 2 fully saturated rings. The number of carbonyl (C=O) groups is 1. The Morgan fingerprint density at radius 3 is 2.41 bits per heavy atom. The van der Waals surface area contributed by atoms with Crippen LogP contribution in [0.2, 0.25) is 0 Å². The maximum absolute atomic E-state index is 13.7. The highest BCUT2D eigenvalue weighted by atomic mass is 16.6. The molecule has 2 aromatic carbocycles. The van der Waals surface area contributed by atoms with Gasteiger partial charge < -0.3 is 28.4 Å². The van der Waals surface area contributed by atoms with Gasteiger partial charge in [0.1, 0.15) is 5.75 Å². The van der Waals surface area contributed by atoms with Crippen molar-refractivity contribution in [2.45, 2.75) is 46.6 Å². The van der Waals surface area contributed by atoms with Crippen LogP contribution in [0.15, 0.2) is 48.6 Å². The summed E-state index contributed by atoms with van der Waals surface area (Å²) < 4.78 is 29.1. The summed E-state index contributed by atoms with van der Waals surface area (Å²) in [6, 6.07) is 11.4. The van der Waals surface area contributed by atoms with Crippen molar-refractivity contribution in [3.63, 3.8) is 0 Å². The minimum atomic E-state index is -0.429. The topological polar surface area (TPSA) is 69.7 Å². The van der Waals surface area contributed by atoms with E-state index in [1.165, 1.54) is 0 Å². The summed E-state index contributed by atoms with van der Waals surface area (Å²) in [5.41, 5.74) is 3.48. The predicted octanol–water partition coefficient (Wildman–Crippen LogP) is 5.04. The smallest absolute Gasteiger partial charge is 0.494 e. The van der Waals surface area contributed by atoms with Crippen molar-refractivity contribution in [2.75, 3.05) is 52.0 Å². The van der Waals surface area contributed by atoms with Crippen molar-refractivity contribution in [3.05, 3.63) is 54.1 Å². The molecule has 0 spiro atoms. The Labute approximate surface area is 232 Å². The first-order valence-electron chi connectivity index (χ1n) is 13.7. The molecule has 0 aliphatic carbocycles. The zero-order chi connectivity index (χ0) is 28.0. The molecule has 0 radical (unpaired) electrons. The number of methoxy groups -OCH3 is 2. The lowest BCUT2D eigenvalue weighted by atomic mass is 9.75. The van der Waals surface area contributed by atoms with Crippen LogP contribution >= 0.6 is 0 Å². The van der Waals surface area contributed by atoms with Gasteiger partial charge in [-0.2, -0.15) is 0 Å². The highest BCUT2D eigenvalue weighted by Gasteiger charge is 2.34. The fraction of sp³-hybridized carbons (Fsp3) is 0.500. The lowest BCUT2D eigenvalue weighted by Crippen LogP contribution is -2.50. The van der Waals surface area contributed by atoms with Crippen molar-refractivity contribution >= 4 is 24.3 Å². The summed E-state index contributed by atoms with van der Waals surface area (Å²) in [5, 5.41) is 0. The largest absolute Gasteiger partial charge is 0.496 e. The van der Waals surface area contributed by atoms with Gasteiger partial charge in [0.25, 0.3) is 0 Å². The molecule has 4 rings (SSSR count). The number of anilines is 1. The Morgan fingerprint density at radius 1 is 0.974 bits per heavy atom. The highest BCUT2D eigenvalue weighted by Crippen LogP contribution is 2.34. The zero-order valence-corrected chi connectivity index (χ0v) is 24.0. The predicted molar refractivity (Wildman–Crippen MR) is 154 cm³/mol. The third kappa shape index (κ3) is 7.08. The maximum atomic E-state index is 13.7. The molecule has 2 aliphatic heterocycles. The van der Waals surface area contributed by atoms with Crippen LogP contribution < -0.4 is 24.6 Å². The van der Waals surface area contributed by atoms with Gasteiger partial charge in [-0.3, -0.25) is 4.90 Å². The van der Waals surface area contributed by atoms with Crippen LogP contribution in [0.1, 0.15) is 45.6 Å². The van der Waals surface area contributed by atoms with Gasteiger partial charge in [-0.1, -0.05) is 52.3 Å². The number of urea groups is 1. The van der Waals surface area contributed by atoms with Crippen molar-refractivity contribution in [2.24, 2.45) is 5.41 Å². The van der Waals surface area contributed by atoms with E-state index in [0.29, 0.717) is 56.7 Å². The number of benzene rings is 2. The summed E-state index contributed by atoms with van der Waals surface area (Å²) in [4.78, 5) is 17.2. The van der Waals surface area contributed by atoms with E-state index < -0.39 is 7.12 Å². The Morgan fingerprint density at radius 2 is 1.72 bits per heavy atom. The van der Waals surface area contributed by atoms with E-state index >= 15 is 0 Å². The number of hydrogen-bond acceptors (Lipinski definition) is 6. The average Bonchev–Trinajstić information content (AvgIpc) is 2.93. The minimum absolute atomic E-state index is 0.00472. The molecular weight excluding hydrogens is 495 g/mol. The Bertz CT molecular complexity index is 1160. The third-order valence-corrected chi connectivity index (χ3v) is 6.96. The van der Waals surface area contributed by atoms with Gasteiger partial charge in [0.2, 0.25) is 0 Å². The number of nitrogens with zero attached hydrogens (tertiary/aromatic N) is 2. The van der Waals surface area contributed by atoms with Gasteiger partial charge in [-0.15, -0.1) is 0 Å². The second kappa shape index (κ2) is 12.8. The summed E-state index contributed by atoms with van der Waals surface area (Å²) in [7, 11) is 2.83. The van der Waals surface area contributed by atoms with E-state index in [9.17, 15) is 4.79 Å². The van der Waals surface area contributed by atoms with Crippen molar-refractivity contribution in [3.8, 4) is 17.2 Å². The van der Waals surface area contributed by atoms with Crippen LogP contribution in [0, 0.1) is 5.41 Å². The van der Waals surface area contributed by atoms with Gasteiger partial charge in [0.05, 0.1) is 33.9 Å². The number of ether oxygens (including phenoxy) is 3. The standard InChI is InChI=1S/C30H41BN2O6/c1-7-8-9-14-37-28-16-25(12-13-26(28)35-5)33-18-22(2)17-32(29(33)34)19-23-10-11-24(15-27(23)36-6)31-38-20-30(3,4)21-39-31/h10-13,15-16H,2,7-9,14,17-21H2,1,3-6H3. The minimum Gasteiger partial charge on any atom is -0.496 e. The quantitative estimate of drug-likeness (QED) is 0.228. The molecule has 0 saturated carbocycles. The zero-order valence-electron chi connectivity index (χ0n) is 24.0. The Hall–Kier alpha value is -3.17. The molecule has 0 N–H and O–H groups in total. The Kier molecular flexibility index (Phi) is 9.46. The highest BCUT2D eigenvalue weighted by molar-refractivity contribution is 6.61. The number of carbonyl (C=O) groups excluding carboxylic acids is 1. The van der Waals surface area contributed by atoms with Crippen molar-refractivity contribution in [1.29, 1.82) is 0 Å². The molecule has 2 amide bonds. The Balaban J connectivity index is 1.50. The first-order valence-corrected chi connectivity index (χ1v) is 13.7. The van der Waals surface area contributed by atoms with Gasteiger partial charge in [-0.25, -0.2) is 4.79 Å².